The molecule has 15 atom stereocenters. The van der Waals surface area contributed by atoms with Crippen LogP contribution in [-0.2, 0) is 51.9 Å². The molecule has 0 saturated carbocycles. The van der Waals surface area contributed by atoms with Crippen molar-refractivity contribution in [2.24, 2.45) is 94.7 Å². The van der Waals surface area contributed by atoms with Crippen molar-refractivity contribution in [2.75, 3.05) is 13.2 Å². The van der Waals surface area contributed by atoms with Gasteiger partial charge in [-0.2, -0.15) is 0 Å². The monoisotopic (exact) mass is 1270 g/mol. The van der Waals surface area contributed by atoms with Crippen molar-refractivity contribution in [1.29, 1.82) is 0 Å². The summed E-state index contributed by atoms with van der Waals surface area (Å²) >= 11 is 0. The molecule has 6 aliphatic heterocycles. The molecule has 492 valence electrons. The Hall–Kier alpha value is -7.00. The molecule has 8 bridgehead atoms. The Morgan fingerprint density at radius 2 is 1.40 bits per heavy atom. The van der Waals surface area contributed by atoms with Gasteiger partial charge in [0.05, 0.1) is 41.7 Å². The first-order valence-electron chi connectivity index (χ1n) is 30.6. The van der Waals surface area contributed by atoms with Gasteiger partial charge in [-0.15, -0.1) is 0 Å². The molecule has 10 unspecified atom stereocenters. The topological polar surface area (TPSA) is 460 Å². The number of allylic oxidation sites excluding steroid dienone is 6. The Bertz CT molecular complexity index is 3540. The van der Waals surface area contributed by atoms with E-state index < -0.39 is 143 Å². The fourth-order valence-electron chi connectivity index (χ4n) is 15.4. The van der Waals surface area contributed by atoms with Gasteiger partial charge >= 0.3 is 7.82 Å². The number of nitrogens with one attached hydrogen (secondary N) is 2. The summed E-state index contributed by atoms with van der Waals surface area (Å²) in [5, 5.41) is 28.2. The maximum absolute atomic E-state index is 14.4. The number of rotatable bonds is 26. The first-order chi connectivity index (χ1) is 41.8. The van der Waals surface area contributed by atoms with E-state index in [-0.39, 0.29) is 77.2 Å². The summed E-state index contributed by atoms with van der Waals surface area (Å²) < 4.78 is 32.3. The highest BCUT2D eigenvalue weighted by atomic mass is 31.2. The van der Waals surface area contributed by atoms with E-state index in [2.05, 4.69) is 15.6 Å². The number of fused-ring (bicyclic) bond motifs is 7. The summed E-state index contributed by atoms with van der Waals surface area (Å²) in [6, 6.07) is 2.70. The second-order valence-electron chi connectivity index (χ2n) is 27.1. The molecule has 1 aromatic carbocycles. The van der Waals surface area contributed by atoms with Crippen LogP contribution in [0.1, 0.15) is 150 Å². The summed E-state index contributed by atoms with van der Waals surface area (Å²) in [5.41, 5.74) is 37.4. The number of amides is 7. The van der Waals surface area contributed by atoms with Crippen molar-refractivity contribution in [2.45, 2.75) is 189 Å². The number of phosphoric acid groups is 1. The fourth-order valence-corrected chi connectivity index (χ4v) is 16.6. The number of carbonyl (C=O) groups excluding carboxylic acids is 7. The van der Waals surface area contributed by atoms with Crippen LogP contribution in [0.15, 0.2) is 67.8 Å². The highest BCUT2D eigenvalue weighted by Crippen LogP contribution is 2.63. The molecule has 2 fully saturated rings. The van der Waals surface area contributed by atoms with E-state index in [9.17, 15) is 53.2 Å². The minimum atomic E-state index is -5.07. The number of nitrogens with two attached hydrogens (primary N) is 6. The quantitative estimate of drug-likeness (QED) is 0.0603. The Labute approximate surface area is 523 Å². The van der Waals surface area contributed by atoms with Gasteiger partial charge in [0.2, 0.25) is 41.4 Å². The number of aliphatic hydroxyl groups is 2. The second-order valence-corrected chi connectivity index (χ2v) is 28.4. The van der Waals surface area contributed by atoms with E-state index in [1.54, 1.807) is 4.57 Å². The van der Waals surface area contributed by atoms with Gasteiger partial charge in [-0.25, -0.2) is 9.55 Å². The highest BCUT2D eigenvalue weighted by Gasteiger charge is 2.66. The third-order valence-electron chi connectivity index (χ3n) is 20.6. The molecule has 17 N–H and O–H groups in total. The van der Waals surface area contributed by atoms with Crippen molar-refractivity contribution in [1.82, 2.24) is 20.2 Å². The molecule has 28 heteroatoms. The molecule has 0 aliphatic carbocycles. The Kier molecular flexibility index (Phi) is 19.6. The predicted molar refractivity (Wildman–Crippen MR) is 334 cm³/mol. The Balaban J connectivity index is 1.19. The van der Waals surface area contributed by atoms with E-state index in [0.717, 1.165) is 11.1 Å². The molecule has 0 spiro atoms. The van der Waals surface area contributed by atoms with Crippen molar-refractivity contribution in [3.05, 3.63) is 63.9 Å². The summed E-state index contributed by atoms with van der Waals surface area (Å²) in [5.74, 6) is -7.18. The molecule has 2 saturated heterocycles. The van der Waals surface area contributed by atoms with E-state index in [0.29, 0.717) is 56.4 Å². The second kappa shape index (κ2) is 25.6. The van der Waals surface area contributed by atoms with Crippen molar-refractivity contribution in [3.8, 4) is 0 Å². The van der Waals surface area contributed by atoms with Gasteiger partial charge in [0.15, 0.2) is 6.23 Å². The summed E-state index contributed by atoms with van der Waals surface area (Å²) in [6.45, 7) is 19.3. The standard InChI is InChI=1S/C62H90N13O14P/c1-29-20-39-40(21-30(29)2)75(28-70-39)57-52(84)53(41(27-76)87-57)89-90(85,86)88-31(3)26-69-49(83)18-19-59(8)37(22-46(66)80)56-62(11)61(10,25-48(68)82)36(14-17-45(65)79)51(74-62)33(5)55-60(9,24-47(67)81)34(12-15-43(63)77)38(71-55)23-42-58(6,7)35(13-16-44(64)78)50(72-42)32(4)54(59)73-56/h20-21,23,28,31,34-37,41,52-53,56-57,71,76,84H,12-19,22,24-27H2,1-11H3,(H2,63,77)(H2,64,78)(H2,65,79)(H2,66,80)(H2,67,81)(H2,68,82)(H,69,83)(H,85,86)/b38-23?,50-32?,55-33-/t31?,34?,35?,36?,37-,41+,52+,53+,56?,57?,59+,60?,61?,62?/m0/s1. The van der Waals surface area contributed by atoms with E-state index in [1.807, 2.05) is 87.4 Å². The molecule has 0 radical (unpaired) electrons. The number of imidazole rings is 1. The fraction of sp³-hybridized carbons (Fsp3) is 0.629. The van der Waals surface area contributed by atoms with Gasteiger partial charge in [-0.05, 0) is 108 Å². The van der Waals surface area contributed by atoms with Gasteiger partial charge < -0.3 is 69.4 Å². The molecule has 6 aliphatic rings. The highest BCUT2D eigenvalue weighted by molar-refractivity contribution is 7.47. The third kappa shape index (κ3) is 13.0. The Morgan fingerprint density at radius 1 is 0.800 bits per heavy atom. The number of nitrogens with zero attached hydrogens (tertiary/aromatic N) is 5. The lowest BCUT2D eigenvalue weighted by atomic mass is 9.55. The average molecular weight is 1270 g/mol. The first kappa shape index (κ1) is 68.9. The van der Waals surface area contributed by atoms with Gasteiger partial charge in [-0.3, -0.25) is 57.6 Å². The number of aliphatic imine (C=N–C) groups is 3. The maximum Gasteiger partial charge on any atom is 0.472 e. The normalized spacial score (nSPS) is 32.8. The van der Waals surface area contributed by atoms with E-state index >= 15 is 0 Å². The zero-order valence-corrected chi connectivity index (χ0v) is 54.1. The number of phosphoric ester groups is 1. The zero-order chi connectivity index (χ0) is 66.7. The van der Waals surface area contributed by atoms with E-state index in [4.69, 9.17) is 63.2 Å². The molecule has 1 aromatic heterocycles. The molecule has 27 nitrogen and oxygen atoms in total. The minimum absolute atomic E-state index is 0.0114. The molecular formula is C62H90N13O14P. The number of ether oxygens (including phenoxy) is 1. The van der Waals surface area contributed by atoms with Gasteiger partial charge in [0.1, 0.15) is 18.3 Å². The lowest BCUT2D eigenvalue weighted by Gasteiger charge is -2.48. The third-order valence-corrected chi connectivity index (χ3v) is 21.7. The van der Waals surface area contributed by atoms with Crippen LogP contribution in [0.3, 0.4) is 0 Å². The lowest BCUT2D eigenvalue weighted by Crippen LogP contribution is -2.56. The van der Waals surface area contributed by atoms with Crippen LogP contribution in [0.5, 0.6) is 0 Å². The maximum atomic E-state index is 14.4. The van der Waals surface area contributed by atoms with Crippen molar-refractivity contribution < 1.29 is 67.0 Å². The Morgan fingerprint density at radius 3 is 1.99 bits per heavy atom. The van der Waals surface area contributed by atoms with E-state index in [1.165, 1.54) is 13.3 Å². The van der Waals surface area contributed by atoms with Gasteiger partial charge in [0, 0.05) is 131 Å². The smallest absolute Gasteiger partial charge is 0.394 e. The molecule has 7 amide bonds. The number of aromatic nitrogens is 2. The summed E-state index contributed by atoms with van der Waals surface area (Å²) in [7, 11) is -5.07. The lowest BCUT2D eigenvalue weighted by molar-refractivity contribution is -0.124. The number of hydrogen-bond acceptors (Lipinski definition) is 18. The van der Waals surface area contributed by atoms with Crippen molar-refractivity contribution >= 4 is 77.3 Å². The minimum Gasteiger partial charge on any atom is -0.394 e. The molecule has 8 rings (SSSR count). The first-order valence-corrected chi connectivity index (χ1v) is 32.1. The van der Waals surface area contributed by atoms with Crippen LogP contribution < -0.4 is 45.0 Å². The largest absolute Gasteiger partial charge is 0.472 e. The number of aryl methyl sites for hydroxylation is 2. The van der Waals surface area contributed by atoms with Gasteiger partial charge in [0.25, 0.3) is 0 Å². The molecular weight excluding hydrogens is 1180 g/mol. The summed E-state index contributed by atoms with van der Waals surface area (Å²) in [6.07, 6.45) is -4.26. The average Bonchev–Trinajstić information content (AvgIpc) is 1.53. The van der Waals surface area contributed by atoms with Crippen LogP contribution in [0.2, 0.25) is 0 Å². The number of aliphatic hydroxyl groups excluding tert-OH is 2. The van der Waals surface area contributed by atoms with Crippen molar-refractivity contribution in [3.63, 3.8) is 0 Å². The predicted octanol–water partition coefficient (Wildman–Crippen LogP) is 3.16. The van der Waals surface area contributed by atoms with Crippen LogP contribution in [0, 0.1) is 59.2 Å². The van der Waals surface area contributed by atoms with Crippen LogP contribution in [-0.4, -0.2) is 132 Å². The number of primary amides is 6. The molecule has 2 aromatic rings. The van der Waals surface area contributed by atoms with Crippen LogP contribution in [0.25, 0.3) is 11.0 Å². The number of hydrogen-bond donors (Lipinski definition) is 11. The van der Waals surface area contributed by atoms with Gasteiger partial charge in [-0.1, -0.05) is 34.6 Å². The zero-order valence-electron chi connectivity index (χ0n) is 53.3. The molecule has 7 heterocycles. The molecule has 90 heavy (non-hydrogen) atoms. The summed E-state index contributed by atoms with van der Waals surface area (Å²) in [4.78, 5) is 126. The number of carbonyl (C=O) groups is 7. The van der Waals surface area contributed by atoms with Crippen LogP contribution >= 0.6 is 7.82 Å². The number of benzene rings is 1. The van der Waals surface area contributed by atoms with Crippen LogP contribution in [0.4, 0.5) is 0 Å². The SMILES string of the molecule is CC1=C2N=C(C=C3N/C(=C(/C)C4=NC(C)(C5N=C1[C@](C)(CCC(=O)NCC(C)OP(=O)(O)O[C@@H]1[C@@H](CO)OC(n6cnc7cc(C)c(C)cc76)[C@@H]1O)[C@H]5CC(N)=O)C(C)(CC(N)=O)C4CCC(N)=O)C(C)(CC(N)=O)C3CCC(N)=O)C(C)(C)C2CCC(N)=O.